The smallest absolute Gasteiger partial charge is 0.0372 e. The zero-order valence-corrected chi connectivity index (χ0v) is 12.2. The van der Waals surface area contributed by atoms with E-state index in [-0.39, 0.29) is 0 Å². The molecule has 1 N–H and O–H groups in total. The van der Waals surface area contributed by atoms with Gasteiger partial charge in [-0.25, -0.2) is 0 Å². The van der Waals surface area contributed by atoms with Gasteiger partial charge in [0, 0.05) is 29.7 Å². The molecule has 0 aliphatic carbocycles. The van der Waals surface area contributed by atoms with Gasteiger partial charge in [-0.05, 0) is 37.7 Å². The highest BCUT2D eigenvalue weighted by Gasteiger charge is 2.23. The van der Waals surface area contributed by atoms with Gasteiger partial charge in [-0.3, -0.25) is 4.98 Å². The monoisotopic (exact) mass is 252 g/mol. The summed E-state index contributed by atoms with van der Waals surface area (Å²) in [6.45, 7) is 8.54. The molecule has 96 valence electrons. The number of nitrogens with one attached hydrogen (secondary N) is 1. The van der Waals surface area contributed by atoms with Gasteiger partial charge < -0.3 is 5.32 Å². The molecular formula is C14H24N2S. The number of thioether (sulfide) groups is 1. The minimum atomic E-state index is 0.387. The van der Waals surface area contributed by atoms with Crippen molar-refractivity contribution in [1.29, 1.82) is 0 Å². The van der Waals surface area contributed by atoms with Crippen molar-refractivity contribution in [3.63, 3.8) is 0 Å². The maximum atomic E-state index is 4.31. The van der Waals surface area contributed by atoms with Gasteiger partial charge in [0.2, 0.25) is 0 Å². The summed E-state index contributed by atoms with van der Waals surface area (Å²) in [6.07, 6.45) is 6.59. The molecule has 0 fully saturated rings. The standard InChI is InChI=1S/C14H24N2S/c1-5-14(6-2,17-4)11-15-9-13-8-7-12(3)16-10-13/h7-8,10,15H,5-6,9,11H2,1-4H3. The van der Waals surface area contributed by atoms with E-state index in [9.17, 15) is 0 Å². The van der Waals surface area contributed by atoms with E-state index in [2.05, 4.69) is 42.5 Å². The van der Waals surface area contributed by atoms with E-state index < -0.39 is 0 Å². The molecule has 1 aromatic rings. The Hall–Kier alpha value is -0.540. The van der Waals surface area contributed by atoms with Crippen LogP contribution in [0, 0.1) is 6.92 Å². The summed E-state index contributed by atoms with van der Waals surface area (Å²) in [7, 11) is 0. The van der Waals surface area contributed by atoms with Crippen LogP contribution in [0.25, 0.3) is 0 Å². The van der Waals surface area contributed by atoms with Crippen LogP contribution in [0.2, 0.25) is 0 Å². The van der Waals surface area contributed by atoms with Crippen LogP contribution in [0.3, 0.4) is 0 Å². The maximum absolute atomic E-state index is 4.31. The van der Waals surface area contributed by atoms with Gasteiger partial charge in [0.05, 0.1) is 0 Å². The first-order valence-corrected chi connectivity index (χ1v) is 7.55. The molecular weight excluding hydrogens is 228 g/mol. The van der Waals surface area contributed by atoms with Crippen molar-refractivity contribution in [3.8, 4) is 0 Å². The number of nitrogens with zero attached hydrogens (tertiary/aromatic N) is 1. The highest BCUT2D eigenvalue weighted by Crippen LogP contribution is 2.29. The van der Waals surface area contributed by atoms with Crippen molar-refractivity contribution >= 4 is 11.8 Å². The van der Waals surface area contributed by atoms with Gasteiger partial charge in [-0.2, -0.15) is 11.8 Å². The number of hydrogen-bond acceptors (Lipinski definition) is 3. The van der Waals surface area contributed by atoms with Gasteiger partial charge in [0.1, 0.15) is 0 Å². The molecule has 0 atom stereocenters. The second kappa shape index (κ2) is 7.02. The first kappa shape index (κ1) is 14.5. The zero-order chi connectivity index (χ0) is 12.7. The van der Waals surface area contributed by atoms with E-state index in [0.717, 1.165) is 18.8 Å². The van der Waals surface area contributed by atoms with Crippen LogP contribution in [0.15, 0.2) is 18.3 Å². The molecule has 0 bridgehead atoms. The Morgan fingerprint density at radius 2 is 2.00 bits per heavy atom. The summed E-state index contributed by atoms with van der Waals surface area (Å²) in [5, 5.41) is 3.55. The molecule has 3 heteroatoms. The third-order valence-electron chi connectivity index (χ3n) is 3.47. The lowest BCUT2D eigenvalue weighted by atomic mass is 10.0. The second-order valence-electron chi connectivity index (χ2n) is 4.51. The van der Waals surface area contributed by atoms with Crippen molar-refractivity contribution in [2.24, 2.45) is 0 Å². The molecule has 0 aliphatic heterocycles. The lowest BCUT2D eigenvalue weighted by Crippen LogP contribution is -2.36. The normalized spacial score (nSPS) is 11.8. The van der Waals surface area contributed by atoms with Crippen LogP contribution >= 0.6 is 11.8 Å². The van der Waals surface area contributed by atoms with E-state index in [1.807, 2.05) is 24.9 Å². The average molecular weight is 252 g/mol. The Morgan fingerprint density at radius 1 is 1.29 bits per heavy atom. The Kier molecular flexibility index (Phi) is 6.00. The Balaban J connectivity index is 2.43. The number of aromatic nitrogens is 1. The molecule has 1 rings (SSSR count). The van der Waals surface area contributed by atoms with E-state index in [0.29, 0.717) is 4.75 Å². The van der Waals surface area contributed by atoms with Crippen molar-refractivity contribution in [2.75, 3.05) is 12.8 Å². The fourth-order valence-electron chi connectivity index (χ4n) is 1.90. The molecule has 1 heterocycles. The second-order valence-corrected chi connectivity index (χ2v) is 5.78. The number of hydrogen-bond donors (Lipinski definition) is 1. The predicted octanol–water partition coefficient (Wildman–Crippen LogP) is 3.40. The Bertz CT molecular complexity index is 309. The molecule has 2 nitrogen and oxygen atoms in total. The number of aryl methyl sites for hydroxylation is 1. The lowest BCUT2D eigenvalue weighted by Gasteiger charge is -2.30. The van der Waals surface area contributed by atoms with Crippen LogP contribution in [0.5, 0.6) is 0 Å². The zero-order valence-electron chi connectivity index (χ0n) is 11.4. The van der Waals surface area contributed by atoms with Crippen molar-refractivity contribution < 1.29 is 0 Å². The topological polar surface area (TPSA) is 24.9 Å². The van der Waals surface area contributed by atoms with Gasteiger partial charge in [0.15, 0.2) is 0 Å². The van der Waals surface area contributed by atoms with Crippen molar-refractivity contribution in [2.45, 2.75) is 44.9 Å². The van der Waals surface area contributed by atoms with Crippen LogP contribution in [0.1, 0.15) is 37.9 Å². The molecule has 17 heavy (non-hydrogen) atoms. The first-order valence-electron chi connectivity index (χ1n) is 6.33. The highest BCUT2D eigenvalue weighted by molar-refractivity contribution is 8.00. The molecule has 0 aromatic carbocycles. The van der Waals surface area contributed by atoms with Crippen LogP contribution in [-0.2, 0) is 6.54 Å². The molecule has 0 saturated heterocycles. The van der Waals surface area contributed by atoms with Gasteiger partial charge in [-0.1, -0.05) is 19.9 Å². The summed E-state index contributed by atoms with van der Waals surface area (Å²) < 4.78 is 0.387. The quantitative estimate of drug-likeness (QED) is 0.805. The lowest BCUT2D eigenvalue weighted by molar-refractivity contribution is 0.494. The fourth-order valence-corrected chi connectivity index (χ4v) is 2.72. The van der Waals surface area contributed by atoms with Crippen molar-refractivity contribution in [1.82, 2.24) is 10.3 Å². The van der Waals surface area contributed by atoms with E-state index >= 15 is 0 Å². The van der Waals surface area contributed by atoms with Crippen molar-refractivity contribution in [3.05, 3.63) is 29.6 Å². The van der Waals surface area contributed by atoms with Crippen LogP contribution in [-0.4, -0.2) is 22.5 Å². The summed E-state index contributed by atoms with van der Waals surface area (Å²) in [5.74, 6) is 0. The predicted molar refractivity (Wildman–Crippen MR) is 77.5 cm³/mol. The maximum Gasteiger partial charge on any atom is 0.0372 e. The number of rotatable bonds is 7. The first-order chi connectivity index (χ1) is 8.15. The molecule has 0 spiro atoms. The van der Waals surface area contributed by atoms with Crippen LogP contribution < -0.4 is 5.32 Å². The Labute approximate surface area is 110 Å². The van der Waals surface area contributed by atoms with E-state index in [4.69, 9.17) is 0 Å². The average Bonchev–Trinajstić information content (AvgIpc) is 2.38. The number of pyridine rings is 1. The minimum absolute atomic E-state index is 0.387. The molecule has 0 aliphatic rings. The third-order valence-corrected chi connectivity index (χ3v) is 5.06. The molecule has 1 aromatic heterocycles. The summed E-state index contributed by atoms with van der Waals surface area (Å²) in [6, 6.07) is 4.21. The molecule has 0 amide bonds. The molecule has 0 radical (unpaired) electrons. The Morgan fingerprint density at radius 3 is 2.47 bits per heavy atom. The molecule has 0 saturated carbocycles. The SMILES string of the molecule is CCC(CC)(CNCc1ccc(C)nc1)SC. The van der Waals surface area contributed by atoms with Gasteiger partial charge >= 0.3 is 0 Å². The summed E-state index contributed by atoms with van der Waals surface area (Å²) in [4.78, 5) is 4.31. The highest BCUT2D eigenvalue weighted by atomic mass is 32.2. The summed E-state index contributed by atoms with van der Waals surface area (Å²) >= 11 is 1.98. The molecule has 0 unspecified atom stereocenters. The summed E-state index contributed by atoms with van der Waals surface area (Å²) in [5.41, 5.74) is 2.34. The van der Waals surface area contributed by atoms with Crippen LogP contribution in [0.4, 0.5) is 0 Å². The van der Waals surface area contributed by atoms with Gasteiger partial charge in [-0.15, -0.1) is 0 Å². The van der Waals surface area contributed by atoms with Gasteiger partial charge in [0.25, 0.3) is 0 Å². The van der Waals surface area contributed by atoms with E-state index in [1.54, 1.807) is 0 Å². The third kappa shape index (κ3) is 4.32. The largest absolute Gasteiger partial charge is 0.311 e. The fraction of sp³-hybridized carbons (Fsp3) is 0.643. The van der Waals surface area contributed by atoms with E-state index in [1.165, 1.54) is 18.4 Å². The minimum Gasteiger partial charge on any atom is -0.311 e.